The second-order valence-corrected chi connectivity index (χ2v) is 6.41. The maximum atomic E-state index is 13.0. The number of imidazole rings is 1. The first-order valence-electron chi connectivity index (χ1n) is 7.29. The number of rotatable bonds is 4. The minimum absolute atomic E-state index is 0.218. The lowest BCUT2D eigenvalue weighted by Crippen LogP contribution is -2.10. The molecule has 122 valence electrons. The Morgan fingerprint density at radius 3 is 2.58 bits per heavy atom. The number of carbonyl (C=O) groups excluding carboxylic acids is 1. The van der Waals surface area contributed by atoms with E-state index in [1.807, 2.05) is 38.4 Å². The maximum absolute atomic E-state index is 13.0. The number of Topliss-reactive ketones (excluding diaryl/α,β-unsaturated/α-hetero) is 1. The minimum atomic E-state index is -0.218. The van der Waals surface area contributed by atoms with E-state index < -0.39 is 0 Å². The van der Waals surface area contributed by atoms with E-state index in [1.165, 1.54) is 0 Å². The number of para-hydroxylation sites is 2. The second kappa shape index (κ2) is 6.67. The van der Waals surface area contributed by atoms with Crippen molar-refractivity contribution in [2.24, 2.45) is 0 Å². The normalized spacial score (nSPS) is 11.8. The Hall–Kier alpha value is -2.30. The van der Waals surface area contributed by atoms with Crippen LogP contribution in [-0.2, 0) is 0 Å². The second-order valence-electron chi connectivity index (χ2n) is 5.56. The van der Waals surface area contributed by atoms with Gasteiger partial charge in [0.1, 0.15) is 5.82 Å². The van der Waals surface area contributed by atoms with Gasteiger partial charge in [0.25, 0.3) is 0 Å². The van der Waals surface area contributed by atoms with E-state index in [4.69, 9.17) is 23.2 Å². The number of halogens is 2. The molecule has 0 saturated heterocycles. The summed E-state index contributed by atoms with van der Waals surface area (Å²) >= 11 is 12.1. The van der Waals surface area contributed by atoms with E-state index >= 15 is 0 Å². The summed E-state index contributed by atoms with van der Waals surface area (Å²) < 4.78 is 0. The smallest absolute Gasteiger partial charge is 0.199 e. The third-order valence-electron chi connectivity index (χ3n) is 3.45. The first kappa shape index (κ1) is 16.6. The molecule has 0 aliphatic carbocycles. The number of nitrogens with one attached hydrogen (secondary N) is 1. The lowest BCUT2D eigenvalue weighted by atomic mass is 10.0. The molecule has 0 bridgehead atoms. The van der Waals surface area contributed by atoms with E-state index in [9.17, 15) is 4.79 Å². The van der Waals surface area contributed by atoms with Crippen molar-refractivity contribution in [2.45, 2.75) is 0 Å². The van der Waals surface area contributed by atoms with Gasteiger partial charge in [-0.1, -0.05) is 35.3 Å². The number of benzene rings is 2. The Morgan fingerprint density at radius 1 is 1.17 bits per heavy atom. The predicted molar refractivity (Wildman–Crippen MR) is 98.6 cm³/mol. The number of fused-ring (bicyclic) bond motifs is 1. The lowest BCUT2D eigenvalue weighted by Gasteiger charge is -2.11. The van der Waals surface area contributed by atoms with Crippen LogP contribution >= 0.6 is 23.2 Å². The first-order chi connectivity index (χ1) is 11.5. The van der Waals surface area contributed by atoms with Crippen molar-refractivity contribution in [3.63, 3.8) is 0 Å². The molecular weight excluding hydrogens is 345 g/mol. The highest BCUT2D eigenvalue weighted by Crippen LogP contribution is 2.27. The number of nitrogens with zero attached hydrogens (tertiary/aromatic N) is 2. The van der Waals surface area contributed by atoms with Crippen LogP contribution in [0, 0.1) is 0 Å². The van der Waals surface area contributed by atoms with Crippen LogP contribution in [0.1, 0.15) is 16.2 Å². The summed E-state index contributed by atoms with van der Waals surface area (Å²) in [6.07, 6.45) is 1.73. The van der Waals surface area contributed by atoms with Crippen molar-refractivity contribution >= 4 is 45.6 Å². The van der Waals surface area contributed by atoms with Crippen molar-refractivity contribution < 1.29 is 4.79 Å². The van der Waals surface area contributed by atoms with Crippen LogP contribution in [0.25, 0.3) is 16.6 Å². The number of aromatic nitrogens is 2. The summed E-state index contributed by atoms with van der Waals surface area (Å²) in [5.74, 6) is 0.283. The molecule has 0 aliphatic heterocycles. The van der Waals surface area contributed by atoms with Crippen LogP contribution in [0.4, 0.5) is 0 Å². The van der Waals surface area contributed by atoms with Crippen molar-refractivity contribution in [2.75, 3.05) is 14.1 Å². The van der Waals surface area contributed by atoms with Gasteiger partial charge >= 0.3 is 0 Å². The Kier molecular flexibility index (Phi) is 4.60. The Labute approximate surface area is 149 Å². The zero-order valence-electron chi connectivity index (χ0n) is 13.2. The summed E-state index contributed by atoms with van der Waals surface area (Å²) in [6, 6.07) is 12.5. The molecule has 0 spiro atoms. The zero-order chi connectivity index (χ0) is 17.3. The third-order valence-corrected chi connectivity index (χ3v) is 4.00. The summed E-state index contributed by atoms with van der Waals surface area (Å²) in [6.45, 7) is 0. The Balaban J connectivity index is 2.11. The number of carbonyl (C=O) groups is 1. The van der Waals surface area contributed by atoms with E-state index in [1.54, 1.807) is 29.3 Å². The molecule has 1 heterocycles. The SMILES string of the molecule is CN(C)/C=C(/C(=O)c1ccc(Cl)cc1Cl)c1nc2ccccc2[nH]1. The molecule has 0 amide bonds. The van der Waals surface area contributed by atoms with Crippen LogP contribution in [0.3, 0.4) is 0 Å². The van der Waals surface area contributed by atoms with Gasteiger partial charge in [0.15, 0.2) is 5.78 Å². The summed E-state index contributed by atoms with van der Waals surface area (Å²) in [5.41, 5.74) is 2.48. The maximum Gasteiger partial charge on any atom is 0.199 e. The van der Waals surface area contributed by atoms with Gasteiger partial charge in [0.2, 0.25) is 0 Å². The molecule has 0 aliphatic rings. The molecule has 6 heteroatoms. The fourth-order valence-electron chi connectivity index (χ4n) is 2.38. The number of ketones is 1. The zero-order valence-corrected chi connectivity index (χ0v) is 14.7. The third kappa shape index (κ3) is 3.30. The molecule has 1 aromatic heterocycles. The highest BCUT2D eigenvalue weighted by molar-refractivity contribution is 6.40. The molecule has 0 fully saturated rings. The van der Waals surface area contributed by atoms with Gasteiger partial charge in [0.05, 0.1) is 21.6 Å². The summed E-state index contributed by atoms with van der Waals surface area (Å²) in [4.78, 5) is 22.5. The van der Waals surface area contributed by atoms with Crippen LogP contribution in [0.2, 0.25) is 10.0 Å². The Bertz CT molecular complexity index is 911. The Morgan fingerprint density at radius 2 is 1.92 bits per heavy atom. The lowest BCUT2D eigenvalue weighted by molar-refractivity contribution is 0.105. The quantitative estimate of drug-likeness (QED) is 0.544. The van der Waals surface area contributed by atoms with Gasteiger partial charge in [-0.3, -0.25) is 4.79 Å². The van der Waals surface area contributed by atoms with Gasteiger partial charge in [-0.15, -0.1) is 0 Å². The van der Waals surface area contributed by atoms with Crippen LogP contribution in [-0.4, -0.2) is 34.7 Å². The highest BCUT2D eigenvalue weighted by Gasteiger charge is 2.20. The number of aromatic amines is 1. The van der Waals surface area contributed by atoms with E-state index in [0.29, 0.717) is 27.0 Å². The van der Waals surface area contributed by atoms with Crippen molar-refractivity contribution in [1.29, 1.82) is 0 Å². The highest BCUT2D eigenvalue weighted by atomic mass is 35.5. The molecule has 0 saturated carbocycles. The number of allylic oxidation sites excluding steroid dienone is 1. The predicted octanol–water partition coefficient (Wildman–Crippen LogP) is 4.66. The summed E-state index contributed by atoms with van der Waals surface area (Å²) in [7, 11) is 3.69. The molecule has 2 aromatic carbocycles. The molecule has 0 unspecified atom stereocenters. The van der Waals surface area contributed by atoms with Gasteiger partial charge in [-0.25, -0.2) is 4.98 Å². The first-order valence-corrected chi connectivity index (χ1v) is 8.04. The largest absolute Gasteiger partial charge is 0.383 e. The van der Waals surface area contributed by atoms with Crippen molar-refractivity contribution in [3.05, 3.63) is 70.1 Å². The average Bonchev–Trinajstić information content (AvgIpc) is 2.95. The number of hydrogen-bond acceptors (Lipinski definition) is 3. The number of hydrogen-bond donors (Lipinski definition) is 1. The molecule has 24 heavy (non-hydrogen) atoms. The van der Waals surface area contributed by atoms with Gasteiger partial charge in [-0.05, 0) is 30.3 Å². The van der Waals surface area contributed by atoms with Crippen LogP contribution < -0.4 is 0 Å². The van der Waals surface area contributed by atoms with Gasteiger partial charge in [-0.2, -0.15) is 0 Å². The molecule has 1 N–H and O–H groups in total. The number of H-pyrrole nitrogens is 1. The fourth-order valence-corrected chi connectivity index (χ4v) is 2.88. The molecule has 3 aromatic rings. The standard InChI is InChI=1S/C18H15Cl2N3O/c1-23(2)10-13(17(24)12-8-7-11(19)9-14(12)20)18-21-15-5-3-4-6-16(15)22-18/h3-10H,1-2H3,(H,21,22)/b13-10-. The van der Waals surface area contributed by atoms with Gasteiger partial charge < -0.3 is 9.88 Å². The average molecular weight is 360 g/mol. The monoisotopic (exact) mass is 359 g/mol. The minimum Gasteiger partial charge on any atom is -0.383 e. The summed E-state index contributed by atoms with van der Waals surface area (Å²) in [5, 5.41) is 0.798. The molecule has 0 radical (unpaired) electrons. The van der Waals surface area contributed by atoms with Crippen LogP contribution in [0.5, 0.6) is 0 Å². The molecule has 3 rings (SSSR count). The van der Waals surface area contributed by atoms with Crippen LogP contribution in [0.15, 0.2) is 48.7 Å². The van der Waals surface area contributed by atoms with Crippen molar-refractivity contribution in [3.8, 4) is 0 Å². The molecular formula is C18H15Cl2N3O. The van der Waals surface area contributed by atoms with E-state index in [2.05, 4.69) is 9.97 Å². The van der Waals surface area contributed by atoms with E-state index in [-0.39, 0.29) is 5.78 Å². The molecule has 0 atom stereocenters. The van der Waals surface area contributed by atoms with Gasteiger partial charge in [0, 0.05) is 30.9 Å². The fraction of sp³-hybridized carbons (Fsp3) is 0.111. The van der Waals surface area contributed by atoms with E-state index in [0.717, 1.165) is 11.0 Å². The van der Waals surface area contributed by atoms with Crippen molar-refractivity contribution in [1.82, 2.24) is 14.9 Å². The topological polar surface area (TPSA) is 49.0 Å². The molecule has 4 nitrogen and oxygen atoms in total.